The van der Waals surface area contributed by atoms with E-state index in [1.54, 1.807) is 18.2 Å². The van der Waals surface area contributed by atoms with Crippen LogP contribution in [0.1, 0.15) is 17.4 Å². The fraction of sp³-hybridized carbons (Fsp3) is 0.364. The van der Waals surface area contributed by atoms with Gasteiger partial charge in [0.15, 0.2) is 5.78 Å². The van der Waals surface area contributed by atoms with Crippen molar-refractivity contribution in [2.75, 3.05) is 13.7 Å². The number of carbonyl (C=O) groups is 2. The van der Waals surface area contributed by atoms with Crippen LogP contribution in [0.15, 0.2) is 24.4 Å². The quantitative estimate of drug-likeness (QED) is 0.783. The summed E-state index contributed by atoms with van der Waals surface area (Å²) in [5.41, 5.74) is 0.282. The molecule has 0 bridgehead atoms. The van der Waals surface area contributed by atoms with Crippen LogP contribution in [0.25, 0.3) is 0 Å². The highest BCUT2D eigenvalue weighted by Gasteiger charge is 2.17. The van der Waals surface area contributed by atoms with Gasteiger partial charge in [-0.1, -0.05) is 6.07 Å². The Balaban J connectivity index is 2.65. The Morgan fingerprint density at radius 1 is 1.50 bits per heavy atom. The molecule has 0 saturated carbocycles. The summed E-state index contributed by atoms with van der Waals surface area (Å²) >= 11 is 0. The number of Topliss-reactive ketones (excluding diaryl/α,β-unsaturated/α-hetero) is 1. The molecule has 0 aliphatic rings. The second-order valence-corrected chi connectivity index (χ2v) is 3.31. The summed E-state index contributed by atoms with van der Waals surface area (Å²) in [4.78, 5) is 26.7. The fourth-order valence-electron chi connectivity index (χ4n) is 1.16. The Labute approximate surface area is 93.8 Å². The smallest absolute Gasteiger partial charge is 0.270 e. The number of amides is 1. The largest absolute Gasteiger partial charge is 0.382 e. The molecular weight excluding hydrogens is 208 g/mol. The second-order valence-electron chi connectivity index (χ2n) is 3.31. The van der Waals surface area contributed by atoms with Crippen LogP contribution in [-0.4, -0.2) is 36.4 Å². The van der Waals surface area contributed by atoms with Crippen molar-refractivity contribution in [1.82, 2.24) is 10.3 Å². The highest BCUT2D eigenvalue weighted by atomic mass is 16.5. The third-order valence-corrected chi connectivity index (χ3v) is 2.03. The van der Waals surface area contributed by atoms with Gasteiger partial charge in [-0.2, -0.15) is 0 Å². The molecule has 0 aliphatic carbocycles. The van der Waals surface area contributed by atoms with Crippen LogP contribution in [-0.2, 0) is 9.53 Å². The number of pyridine rings is 1. The minimum absolute atomic E-state index is 0.147. The van der Waals surface area contributed by atoms with Crippen molar-refractivity contribution in [3.63, 3.8) is 0 Å². The van der Waals surface area contributed by atoms with E-state index in [1.807, 2.05) is 0 Å². The summed E-state index contributed by atoms with van der Waals surface area (Å²) in [7, 11) is 1.48. The van der Waals surface area contributed by atoms with Gasteiger partial charge in [0.2, 0.25) is 0 Å². The van der Waals surface area contributed by atoms with Gasteiger partial charge in [-0.3, -0.25) is 14.6 Å². The number of methoxy groups -OCH3 is 1. The Hall–Kier alpha value is -1.75. The van der Waals surface area contributed by atoms with Gasteiger partial charge in [0.25, 0.3) is 5.91 Å². The average molecular weight is 222 g/mol. The number of rotatable bonds is 5. The Morgan fingerprint density at radius 2 is 2.25 bits per heavy atom. The van der Waals surface area contributed by atoms with Crippen molar-refractivity contribution in [2.24, 2.45) is 0 Å². The third-order valence-electron chi connectivity index (χ3n) is 2.03. The minimum atomic E-state index is -0.625. The minimum Gasteiger partial charge on any atom is -0.382 e. The maximum Gasteiger partial charge on any atom is 0.270 e. The van der Waals surface area contributed by atoms with Crippen LogP contribution in [0.4, 0.5) is 0 Å². The van der Waals surface area contributed by atoms with Gasteiger partial charge in [-0.05, 0) is 19.1 Å². The molecule has 1 rings (SSSR count). The maximum absolute atomic E-state index is 11.7. The molecule has 5 nitrogen and oxygen atoms in total. The van der Waals surface area contributed by atoms with Crippen LogP contribution in [0.3, 0.4) is 0 Å². The van der Waals surface area contributed by atoms with Gasteiger partial charge in [-0.25, -0.2) is 0 Å². The number of hydrogen-bond acceptors (Lipinski definition) is 4. The lowest BCUT2D eigenvalue weighted by molar-refractivity contribution is -0.119. The summed E-state index contributed by atoms with van der Waals surface area (Å²) in [6.45, 7) is 1.57. The summed E-state index contributed by atoms with van der Waals surface area (Å²) < 4.78 is 4.85. The molecule has 16 heavy (non-hydrogen) atoms. The van der Waals surface area contributed by atoms with Crippen LogP contribution >= 0.6 is 0 Å². The van der Waals surface area contributed by atoms with E-state index in [2.05, 4.69) is 10.3 Å². The first-order valence-electron chi connectivity index (χ1n) is 4.86. The Morgan fingerprint density at radius 3 is 2.75 bits per heavy atom. The summed E-state index contributed by atoms with van der Waals surface area (Å²) in [5.74, 6) is -0.524. The normalized spacial score (nSPS) is 11.9. The molecule has 0 spiro atoms. The summed E-state index contributed by atoms with van der Waals surface area (Å²) in [6.07, 6.45) is 1.52. The summed E-state index contributed by atoms with van der Waals surface area (Å²) in [6, 6.07) is 4.38. The number of hydrogen-bond donors (Lipinski definition) is 1. The lowest BCUT2D eigenvalue weighted by atomic mass is 10.2. The summed E-state index contributed by atoms with van der Waals surface area (Å²) in [5, 5.41) is 2.56. The number of nitrogens with one attached hydrogen (secondary N) is 1. The zero-order valence-electron chi connectivity index (χ0n) is 9.27. The third kappa shape index (κ3) is 3.43. The van der Waals surface area contributed by atoms with Crippen molar-refractivity contribution in [1.29, 1.82) is 0 Å². The first-order valence-corrected chi connectivity index (χ1v) is 4.86. The number of ketones is 1. The Kier molecular flexibility index (Phi) is 4.60. The van der Waals surface area contributed by atoms with Gasteiger partial charge in [0.1, 0.15) is 11.7 Å². The number of nitrogens with zero attached hydrogens (tertiary/aromatic N) is 1. The molecule has 1 aromatic heterocycles. The average Bonchev–Trinajstić information content (AvgIpc) is 2.29. The predicted molar refractivity (Wildman–Crippen MR) is 58.0 cm³/mol. The van der Waals surface area contributed by atoms with Gasteiger partial charge >= 0.3 is 0 Å². The van der Waals surface area contributed by atoms with E-state index in [1.165, 1.54) is 20.2 Å². The molecule has 86 valence electrons. The molecule has 1 amide bonds. The fourth-order valence-corrected chi connectivity index (χ4v) is 1.16. The number of aromatic nitrogens is 1. The van der Waals surface area contributed by atoms with Crippen molar-refractivity contribution in [3.05, 3.63) is 30.1 Å². The van der Waals surface area contributed by atoms with E-state index in [9.17, 15) is 9.59 Å². The molecular formula is C11H14N2O3. The van der Waals surface area contributed by atoms with Crippen molar-refractivity contribution < 1.29 is 14.3 Å². The van der Waals surface area contributed by atoms with Gasteiger partial charge in [0.05, 0.1) is 6.61 Å². The zero-order valence-corrected chi connectivity index (χ0v) is 9.27. The zero-order chi connectivity index (χ0) is 12.0. The van der Waals surface area contributed by atoms with Crippen molar-refractivity contribution in [3.8, 4) is 0 Å². The molecule has 0 unspecified atom stereocenters. The highest BCUT2D eigenvalue weighted by molar-refractivity contribution is 5.96. The van der Waals surface area contributed by atoms with Crippen LogP contribution in [0.5, 0.6) is 0 Å². The lowest BCUT2D eigenvalue weighted by Crippen LogP contribution is -2.43. The SMILES string of the molecule is COC[C@@H](NC(=O)c1ccccn1)C(C)=O. The van der Waals surface area contributed by atoms with Crippen molar-refractivity contribution >= 4 is 11.7 Å². The lowest BCUT2D eigenvalue weighted by Gasteiger charge is -2.14. The first-order chi connectivity index (χ1) is 7.65. The molecule has 0 aromatic carbocycles. The van der Waals surface area contributed by atoms with E-state index < -0.39 is 6.04 Å². The molecule has 0 radical (unpaired) electrons. The molecule has 1 atom stereocenters. The van der Waals surface area contributed by atoms with Crippen molar-refractivity contribution in [2.45, 2.75) is 13.0 Å². The number of ether oxygens (including phenoxy) is 1. The predicted octanol–water partition coefficient (Wildman–Crippen LogP) is 0.415. The number of carbonyl (C=O) groups excluding carboxylic acids is 2. The molecule has 1 N–H and O–H groups in total. The molecule has 0 saturated heterocycles. The molecule has 1 heterocycles. The van der Waals surface area contributed by atoms with Crippen LogP contribution in [0.2, 0.25) is 0 Å². The van der Waals surface area contributed by atoms with E-state index in [0.29, 0.717) is 0 Å². The second kappa shape index (κ2) is 5.97. The first kappa shape index (κ1) is 12.3. The maximum atomic E-state index is 11.7. The molecule has 0 aliphatic heterocycles. The topological polar surface area (TPSA) is 68.3 Å². The standard InChI is InChI=1S/C11H14N2O3/c1-8(14)10(7-16-2)13-11(15)9-5-3-4-6-12-9/h3-6,10H,7H2,1-2H3,(H,13,15)/t10-/m1/s1. The van der Waals surface area contributed by atoms with E-state index in [4.69, 9.17) is 4.74 Å². The molecule has 5 heteroatoms. The van der Waals surface area contributed by atoms with E-state index >= 15 is 0 Å². The van der Waals surface area contributed by atoms with Gasteiger partial charge in [0, 0.05) is 13.3 Å². The van der Waals surface area contributed by atoms with E-state index in [-0.39, 0.29) is 24.0 Å². The highest BCUT2D eigenvalue weighted by Crippen LogP contribution is 1.95. The Bertz CT molecular complexity index is 365. The monoisotopic (exact) mass is 222 g/mol. The molecule has 1 aromatic rings. The molecule has 0 fully saturated rings. The van der Waals surface area contributed by atoms with Gasteiger partial charge in [-0.15, -0.1) is 0 Å². The van der Waals surface area contributed by atoms with Crippen LogP contribution in [0, 0.1) is 0 Å². The van der Waals surface area contributed by atoms with Gasteiger partial charge < -0.3 is 10.1 Å². The van der Waals surface area contributed by atoms with Crippen LogP contribution < -0.4 is 5.32 Å². The van der Waals surface area contributed by atoms with E-state index in [0.717, 1.165) is 0 Å².